The Bertz CT molecular complexity index is 97.4. The molecular formula is C8H18O2. The lowest BCUT2D eigenvalue weighted by molar-refractivity contribution is -0.0204. The number of aliphatic hydroxyl groups excluding tert-OH is 2. The zero-order valence-corrected chi connectivity index (χ0v) is 7.26. The second-order valence-corrected chi connectivity index (χ2v) is 3.84. The van der Waals surface area contributed by atoms with Crippen molar-refractivity contribution in [3.63, 3.8) is 0 Å². The molecule has 0 aliphatic carbocycles. The van der Waals surface area contributed by atoms with Gasteiger partial charge in [0.25, 0.3) is 0 Å². The highest BCUT2D eigenvalue weighted by atomic mass is 16.3. The average Bonchev–Trinajstić information content (AvgIpc) is 1.86. The molecule has 2 heteroatoms. The van der Waals surface area contributed by atoms with Gasteiger partial charge in [0.2, 0.25) is 0 Å². The minimum Gasteiger partial charge on any atom is -0.396 e. The van der Waals surface area contributed by atoms with Crippen LogP contribution in [0.1, 0.15) is 27.7 Å². The summed E-state index contributed by atoms with van der Waals surface area (Å²) in [6, 6.07) is 0. The summed E-state index contributed by atoms with van der Waals surface area (Å²) in [6.07, 6.45) is -0.419. The summed E-state index contributed by atoms with van der Waals surface area (Å²) in [6.45, 7) is 7.64. The smallest absolute Gasteiger partial charge is 0.0635 e. The number of aliphatic hydroxyl groups is 2. The zero-order chi connectivity index (χ0) is 8.36. The molecule has 2 nitrogen and oxygen atoms in total. The van der Waals surface area contributed by atoms with Crippen LogP contribution in [0.5, 0.6) is 0 Å². The molecule has 10 heavy (non-hydrogen) atoms. The van der Waals surface area contributed by atoms with E-state index >= 15 is 0 Å². The van der Waals surface area contributed by atoms with Gasteiger partial charge in [0, 0.05) is 5.41 Å². The van der Waals surface area contributed by atoms with E-state index in [0.717, 1.165) is 0 Å². The molecule has 0 aromatic heterocycles. The van der Waals surface area contributed by atoms with Gasteiger partial charge in [0.1, 0.15) is 0 Å². The Morgan fingerprint density at radius 3 is 1.80 bits per heavy atom. The van der Waals surface area contributed by atoms with Crippen LogP contribution in [0.4, 0.5) is 0 Å². The van der Waals surface area contributed by atoms with Crippen molar-refractivity contribution in [1.29, 1.82) is 0 Å². The Morgan fingerprint density at radius 1 is 1.30 bits per heavy atom. The lowest BCUT2D eigenvalue weighted by Gasteiger charge is -2.30. The summed E-state index contributed by atoms with van der Waals surface area (Å²) in [7, 11) is 0. The number of hydrogen-bond donors (Lipinski definition) is 2. The maximum atomic E-state index is 9.49. The molecule has 0 spiro atoms. The first-order valence-electron chi connectivity index (χ1n) is 3.70. The first kappa shape index (κ1) is 9.92. The Hall–Kier alpha value is -0.0800. The van der Waals surface area contributed by atoms with Crippen LogP contribution >= 0.6 is 0 Å². The first-order chi connectivity index (χ1) is 4.41. The normalized spacial score (nSPS) is 15.9. The lowest BCUT2D eigenvalue weighted by atomic mass is 9.82. The molecule has 0 aromatic carbocycles. The van der Waals surface area contributed by atoms with Gasteiger partial charge in [-0.1, -0.05) is 27.7 Å². The van der Waals surface area contributed by atoms with Crippen molar-refractivity contribution < 1.29 is 10.2 Å². The Morgan fingerprint density at radius 2 is 1.70 bits per heavy atom. The quantitative estimate of drug-likeness (QED) is 0.624. The van der Waals surface area contributed by atoms with Crippen molar-refractivity contribution in [1.82, 2.24) is 0 Å². The molecule has 2 N–H and O–H groups in total. The van der Waals surface area contributed by atoms with E-state index in [1.54, 1.807) is 0 Å². The van der Waals surface area contributed by atoms with Gasteiger partial charge in [-0.15, -0.1) is 0 Å². The Balaban J connectivity index is 4.03. The van der Waals surface area contributed by atoms with E-state index in [9.17, 15) is 5.11 Å². The van der Waals surface area contributed by atoms with Gasteiger partial charge in [-0.3, -0.25) is 0 Å². The highest BCUT2D eigenvalue weighted by Gasteiger charge is 2.28. The summed E-state index contributed by atoms with van der Waals surface area (Å²) < 4.78 is 0. The second-order valence-electron chi connectivity index (χ2n) is 3.84. The van der Waals surface area contributed by atoms with E-state index in [1.165, 1.54) is 0 Å². The minimum absolute atomic E-state index is 0.0341. The molecule has 0 saturated heterocycles. The number of hydrogen-bond acceptors (Lipinski definition) is 2. The largest absolute Gasteiger partial charge is 0.396 e. The molecule has 0 unspecified atom stereocenters. The molecule has 0 bridgehead atoms. The first-order valence-corrected chi connectivity index (χ1v) is 3.70. The van der Waals surface area contributed by atoms with Crippen LogP contribution in [0.25, 0.3) is 0 Å². The van der Waals surface area contributed by atoms with E-state index in [-0.39, 0.29) is 17.9 Å². The summed E-state index contributed by atoms with van der Waals surface area (Å²) in [5, 5.41) is 18.3. The summed E-state index contributed by atoms with van der Waals surface area (Å²) in [4.78, 5) is 0. The van der Waals surface area contributed by atoms with Gasteiger partial charge in [-0.05, 0) is 5.92 Å². The zero-order valence-electron chi connectivity index (χ0n) is 7.26. The molecule has 62 valence electrons. The standard InChI is InChI=1S/C8H18O2/c1-6(2)7(10)8(3,4)5-9/h6-7,9-10H,5H2,1-4H3/t7-/m0/s1. The third kappa shape index (κ3) is 2.27. The van der Waals surface area contributed by atoms with Crippen LogP contribution in [0, 0.1) is 11.3 Å². The maximum Gasteiger partial charge on any atom is 0.0635 e. The summed E-state index contributed by atoms with van der Waals surface area (Å²) in [5.74, 6) is 0.210. The van der Waals surface area contributed by atoms with Crippen LogP contribution in [-0.2, 0) is 0 Å². The van der Waals surface area contributed by atoms with Crippen molar-refractivity contribution in [2.75, 3.05) is 6.61 Å². The van der Waals surface area contributed by atoms with Crippen molar-refractivity contribution in [3.8, 4) is 0 Å². The highest BCUT2D eigenvalue weighted by molar-refractivity contribution is 4.78. The molecule has 0 radical (unpaired) electrons. The van der Waals surface area contributed by atoms with Crippen molar-refractivity contribution in [3.05, 3.63) is 0 Å². The van der Waals surface area contributed by atoms with E-state index in [1.807, 2.05) is 27.7 Å². The Kier molecular flexibility index (Phi) is 3.33. The van der Waals surface area contributed by atoms with Gasteiger partial charge >= 0.3 is 0 Å². The fourth-order valence-electron chi connectivity index (χ4n) is 0.996. The molecule has 0 aliphatic heterocycles. The fraction of sp³-hybridized carbons (Fsp3) is 1.00. The fourth-order valence-corrected chi connectivity index (χ4v) is 0.996. The van der Waals surface area contributed by atoms with E-state index in [4.69, 9.17) is 5.11 Å². The molecule has 0 fully saturated rings. The minimum atomic E-state index is -0.419. The summed E-state index contributed by atoms with van der Waals surface area (Å²) >= 11 is 0. The average molecular weight is 146 g/mol. The second kappa shape index (κ2) is 3.35. The van der Waals surface area contributed by atoms with Gasteiger partial charge in [0.15, 0.2) is 0 Å². The lowest BCUT2D eigenvalue weighted by Crippen LogP contribution is -2.36. The molecule has 0 rings (SSSR count). The van der Waals surface area contributed by atoms with Crippen LogP contribution < -0.4 is 0 Å². The third-order valence-electron chi connectivity index (χ3n) is 1.84. The van der Waals surface area contributed by atoms with Crippen LogP contribution in [-0.4, -0.2) is 22.9 Å². The predicted molar refractivity (Wildman–Crippen MR) is 41.7 cm³/mol. The molecule has 0 aliphatic rings. The number of rotatable bonds is 3. The highest BCUT2D eigenvalue weighted by Crippen LogP contribution is 2.24. The molecule has 0 amide bonds. The Labute approximate surface area is 62.9 Å². The SMILES string of the molecule is CC(C)[C@H](O)C(C)(C)CO. The van der Waals surface area contributed by atoms with E-state index in [2.05, 4.69) is 0 Å². The topological polar surface area (TPSA) is 40.5 Å². The van der Waals surface area contributed by atoms with Crippen molar-refractivity contribution >= 4 is 0 Å². The van der Waals surface area contributed by atoms with Crippen LogP contribution in [0.3, 0.4) is 0 Å². The summed E-state index contributed by atoms with van der Waals surface area (Å²) in [5.41, 5.74) is -0.367. The molecule has 0 heterocycles. The van der Waals surface area contributed by atoms with Gasteiger partial charge in [-0.25, -0.2) is 0 Å². The van der Waals surface area contributed by atoms with Gasteiger partial charge in [-0.2, -0.15) is 0 Å². The van der Waals surface area contributed by atoms with Crippen molar-refractivity contribution in [2.45, 2.75) is 33.8 Å². The maximum absolute atomic E-state index is 9.49. The molecular weight excluding hydrogens is 128 g/mol. The van der Waals surface area contributed by atoms with E-state index < -0.39 is 6.10 Å². The molecule has 0 saturated carbocycles. The predicted octanol–water partition coefficient (Wildman–Crippen LogP) is 1.02. The molecule has 1 atom stereocenters. The monoisotopic (exact) mass is 146 g/mol. The van der Waals surface area contributed by atoms with Crippen molar-refractivity contribution in [2.24, 2.45) is 11.3 Å². The van der Waals surface area contributed by atoms with Gasteiger partial charge < -0.3 is 10.2 Å². The molecule has 0 aromatic rings. The van der Waals surface area contributed by atoms with Crippen LogP contribution in [0.15, 0.2) is 0 Å². The van der Waals surface area contributed by atoms with E-state index in [0.29, 0.717) is 0 Å². The third-order valence-corrected chi connectivity index (χ3v) is 1.84. The van der Waals surface area contributed by atoms with Crippen LogP contribution in [0.2, 0.25) is 0 Å². The van der Waals surface area contributed by atoms with Gasteiger partial charge in [0.05, 0.1) is 12.7 Å².